The normalized spacial score (nSPS) is 15.1. The van der Waals surface area contributed by atoms with E-state index in [2.05, 4.69) is 39.1 Å². The van der Waals surface area contributed by atoms with E-state index in [9.17, 15) is 0 Å². The molecule has 2 unspecified atom stereocenters. The Labute approximate surface area is 104 Å². The van der Waals surface area contributed by atoms with Crippen molar-refractivity contribution in [2.24, 2.45) is 5.92 Å². The molecule has 1 rings (SSSR count). The first-order valence-corrected chi connectivity index (χ1v) is 6.37. The first-order chi connectivity index (χ1) is 7.49. The van der Waals surface area contributed by atoms with Gasteiger partial charge in [0.2, 0.25) is 0 Å². The predicted molar refractivity (Wildman–Crippen MR) is 72.1 cm³/mol. The minimum Gasteiger partial charge on any atom is -0.311 e. The van der Waals surface area contributed by atoms with Crippen molar-refractivity contribution in [3.05, 3.63) is 34.9 Å². The van der Waals surface area contributed by atoms with E-state index in [1.54, 1.807) is 0 Å². The number of benzene rings is 1. The first-order valence-electron chi connectivity index (χ1n) is 5.99. The van der Waals surface area contributed by atoms with Crippen molar-refractivity contribution in [2.75, 3.05) is 0 Å². The second-order valence-corrected chi connectivity index (χ2v) is 5.37. The Morgan fingerprint density at radius 3 is 2.44 bits per heavy atom. The summed E-state index contributed by atoms with van der Waals surface area (Å²) in [5, 5.41) is 4.43. The molecule has 0 spiro atoms. The average Bonchev–Trinajstić information content (AvgIpc) is 2.16. The summed E-state index contributed by atoms with van der Waals surface area (Å²) in [5.41, 5.74) is 1.29. The van der Waals surface area contributed by atoms with Gasteiger partial charge in [-0.2, -0.15) is 0 Å². The second kappa shape index (κ2) is 6.27. The second-order valence-electron chi connectivity index (χ2n) is 4.93. The Kier molecular flexibility index (Phi) is 5.30. The van der Waals surface area contributed by atoms with E-state index >= 15 is 0 Å². The Morgan fingerprint density at radius 2 is 1.88 bits per heavy atom. The van der Waals surface area contributed by atoms with Crippen LogP contribution in [0.2, 0.25) is 5.02 Å². The van der Waals surface area contributed by atoms with Gasteiger partial charge in [0.05, 0.1) is 0 Å². The number of hydrogen-bond acceptors (Lipinski definition) is 1. The summed E-state index contributed by atoms with van der Waals surface area (Å²) in [6.07, 6.45) is 1.03. The zero-order chi connectivity index (χ0) is 12.1. The van der Waals surface area contributed by atoms with Crippen molar-refractivity contribution in [1.82, 2.24) is 5.32 Å². The summed E-state index contributed by atoms with van der Waals surface area (Å²) < 4.78 is 0. The van der Waals surface area contributed by atoms with E-state index in [-0.39, 0.29) is 0 Å². The highest BCUT2D eigenvalue weighted by Gasteiger charge is 2.10. The minimum absolute atomic E-state index is 0.482. The van der Waals surface area contributed by atoms with Gasteiger partial charge in [-0.25, -0.2) is 0 Å². The third-order valence-corrected chi connectivity index (χ3v) is 3.21. The number of hydrogen-bond donors (Lipinski definition) is 1. The largest absolute Gasteiger partial charge is 0.311 e. The molecule has 1 aromatic carbocycles. The van der Waals surface area contributed by atoms with Crippen LogP contribution in [0.25, 0.3) is 0 Å². The number of nitrogens with one attached hydrogen (secondary N) is 1. The maximum absolute atomic E-state index is 5.96. The molecule has 0 aliphatic heterocycles. The molecule has 0 amide bonds. The van der Waals surface area contributed by atoms with Crippen LogP contribution in [0.3, 0.4) is 0 Å². The van der Waals surface area contributed by atoms with Crippen molar-refractivity contribution >= 4 is 11.6 Å². The molecule has 1 N–H and O–H groups in total. The molecule has 1 nitrogen and oxygen atoms in total. The van der Waals surface area contributed by atoms with Crippen LogP contribution in [0, 0.1) is 5.92 Å². The van der Waals surface area contributed by atoms with Gasteiger partial charge < -0.3 is 5.32 Å². The zero-order valence-corrected chi connectivity index (χ0v) is 11.4. The van der Waals surface area contributed by atoms with E-state index in [0.717, 1.165) is 11.4 Å². The van der Waals surface area contributed by atoms with Gasteiger partial charge >= 0.3 is 0 Å². The molecular formula is C14H22ClN. The summed E-state index contributed by atoms with van der Waals surface area (Å²) >= 11 is 5.96. The van der Waals surface area contributed by atoms with Crippen molar-refractivity contribution in [1.29, 1.82) is 0 Å². The summed E-state index contributed by atoms with van der Waals surface area (Å²) in [5.74, 6) is 0.668. The lowest BCUT2D eigenvalue weighted by Crippen LogP contribution is -2.38. The molecule has 2 heteroatoms. The minimum atomic E-state index is 0.482. The van der Waals surface area contributed by atoms with Gasteiger partial charge in [0, 0.05) is 17.1 Å². The van der Waals surface area contributed by atoms with Crippen molar-refractivity contribution < 1.29 is 0 Å². The summed E-state index contributed by atoms with van der Waals surface area (Å²) in [6, 6.07) is 9.13. The molecular weight excluding hydrogens is 218 g/mol. The molecule has 0 heterocycles. The van der Waals surface area contributed by atoms with Crippen LogP contribution < -0.4 is 5.32 Å². The van der Waals surface area contributed by atoms with E-state index < -0.39 is 0 Å². The smallest absolute Gasteiger partial charge is 0.0408 e. The average molecular weight is 240 g/mol. The summed E-state index contributed by atoms with van der Waals surface area (Å²) in [4.78, 5) is 0. The van der Waals surface area contributed by atoms with Gasteiger partial charge in [0.1, 0.15) is 0 Å². The molecule has 90 valence electrons. The molecule has 0 bridgehead atoms. The fraction of sp³-hybridized carbons (Fsp3) is 0.571. The Morgan fingerprint density at radius 1 is 1.19 bits per heavy atom. The van der Waals surface area contributed by atoms with Gasteiger partial charge in [0.25, 0.3) is 0 Å². The number of rotatable bonds is 5. The molecule has 0 saturated heterocycles. The Balaban J connectivity index is 2.48. The highest BCUT2D eigenvalue weighted by Crippen LogP contribution is 2.13. The molecule has 1 aromatic rings. The van der Waals surface area contributed by atoms with E-state index in [0.29, 0.717) is 18.0 Å². The summed E-state index contributed by atoms with van der Waals surface area (Å²) in [6.45, 7) is 8.94. The maximum atomic E-state index is 5.96. The Hall–Kier alpha value is -0.530. The maximum Gasteiger partial charge on any atom is 0.0408 e. The van der Waals surface area contributed by atoms with Crippen LogP contribution in [0.1, 0.15) is 33.3 Å². The highest BCUT2D eigenvalue weighted by atomic mass is 35.5. The molecule has 16 heavy (non-hydrogen) atoms. The molecule has 0 aliphatic rings. The van der Waals surface area contributed by atoms with E-state index in [4.69, 9.17) is 11.6 Å². The van der Waals surface area contributed by atoms with Gasteiger partial charge in [-0.1, -0.05) is 37.6 Å². The molecule has 0 aromatic heterocycles. The van der Waals surface area contributed by atoms with Crippen molar-refractivity contribution in [3.63, 3.8) is 0 Å². The zero-order valence-electron chi connectivity index (χ0n) is 10.6. The molecule has 0 radical (unpaired) electrons. The fourth-order valence-electron chi connectivity index (χ4n) is 1.72. The lowest BCUT2D eigenvalue weighted by atomic mass is 10.0. The fourth-order valence-corrected chi connectivity index (χ4v) is 1.93. The molecule has 0 saturated carbocycles. The standard InChI is InChI=1S/C14H22ClN/c1-10(2)12(4)16-11(3)8-13-6-5-7-14(15)9-13/h5-7,9-12,16H,8H2,1-4H3. The van der Waals surface area contributed by atoms with Gasteiger partial charge in [-0.15, -0.1) is 0 Å². The lowest BCUT2D eigenvalue weighted by Gasteiger charge is -2.23. The van der Waals surface area contributed by atoms with Gasteiger partial charge in [-0.3, -0.25) is 0 Å². The SMILES string of the molecule is CC(Cc1cccc(Cl)c1)NC(C)C(C)C. The van der Waals surface area contributed by atoms with E-state index in [1.165, 1.54) is 5.56 Å². The molecule has 0 aliphatic carbocycles. The van der Waals surface area contributed by atoms with Crippen molar-refractivity contribution in [2.45, 2.75) is 46.2 Å². The number of halogens is 1. The van der Waals surface area contributed by atoms with Crippen LogP contribution in [0.15, 0.2) is 24.3 Å². The Bertz CT molecular complexity index is 322. The predicted octanol–water partition coefficient (Wildman–Crippen LogP) is 3.91. The van der Waals surface area contributed by atoms with Gasteiger partial charge in [0.15, 0.2) is 0 Å². The van der Waals surface area contributed by atoms with Gasteiger partial charge in [-0.05, 0) is 43.9 Å². The third kappa shape index (κ3) is 4.54. The molecule has 2 atom stereocenters. The molecule has 0 fully saturated rings. The van der Waals surface area contributed by atoms with E-state index in [1.807, 2.05) is 18.2 Å². The van der Waals surface area contributed by atoms with Crippen LogP contribution in [-0.4, -0.2) is 12.1 Å². The van der Waals surface area contributed by atoms with Crippen LogP contribution in [0.5, 0.6) is 0 Å². The highest BCUT2D eigenvalue weighted by molar-refractivity contribution is 6.30. The summed E-state index contributed by atoms with van der Waals surface area (Å²) in [7, 11) is 0. The van der Waals surface area contributed by atoms with Crippen LogP contribution in [-0.2, 0) is 6.42 Å². The lowest BCUT2D eigenvalue weighted by molar-refractivity contribution is 0.382. The quantitative estimate of drug-likeness (QED) is 0.822. The van der Waals surface area contributed by atoms with Crippen LogP contribution in [0.4, 0.5) is 0 Å². The monoisotopic (exact) mass is 239 g/mol. The third-order valence-electron chi connectivity index (χ3n) is 2.98. The topological polar surface area (TPSA) is 12.0 Å². The van der Waals surface area contributed by atoms with Crippen LogP contribution >= 0.6 is 11.6 Å². The first kappa shape index (κ1) is 13.5. The van der Waals surface area contributed by atoms with Crippen molar-refractivity contribution in [3.8, 4) is 0 Å².